The van der Waals surface area contributed by atoms with Crippen LogP contribution in [0.5, 0.6) is 0 Å². The summed E-state index contributed by atoms with van der Waals surface area (Å²) in [4.78, 5) is 24.0. The number of hydrogen-bond donors (Lipinski definition) is 2. The van der Waals surface area contributed by atoms with E-state index in [0.29, 0.717) is 5.02 Å². The Kier molecular flexibility index (Phi) is 8.55. The van der Waals surface area contributed by atoms with E-state index in [0.717, 1.165) is 17.7 Å². The number of rotatable bonds is 9. The Labute approximate surface area is 186 Å². The van der Waals surface area contributed by atoms with Gasteiger partial charge in [0.25, 0.3) is 5.91 Å². The van der Waals surface area contributed by atoms with Gasteiger partial charge < -0.3 is 10.1 Å². The number of carbonyl (C=O) groups is 2. The van der Waals surface area contributed by atoms with Crippen molar-refractivity contribution in [3.05, 3.63) is 64.9 Å². The summed E-state index contributed by atoms with van der Waals surface area (Å²) in [6.45, 7) is 4.35. The van der Waals surface area contributed by atoms with Gasteiger partial charge in [0.15, 0.2) is 6.61 Å². The molecule has 0 saturated carbocycles. The second-order valence-electron chi connectivity index (χ2n) is 7.22. The predicted molar refractivity (Wildman–Crippen MR) is 114 cm³/mol. The Hall–Kier alpha value is -2.49. The van der Waals surface area contributed by atoms with Crippen LogP contribution in [0.25, 0.3) is 0 Å². The highest BCUT2D eigenvalue weighted by atomic mass is 35.5. The first-order valence-corrected chi connectivity index (χ1v) is 11.4. The van der Waals surface area contributed by atoms with E-state index in [2.05, 4.69) is 10.0 Å². The quantitative estimate of drug-likeness (QED) is 0.548. The van der Waals surface area contributed by atoms with Crippen LogP contribution in [0.3, 0.4) is 0 Å². The molecule has 7 nitrogen and oxygen atoms in total. The molecule has 0 radical (unpaired) electrons. The van der Waals surface area contributed by atoms with Crippen LogP contribution in [-0.2, 0) is 24.3 Å². The number of carbonyl (C=O) groups excluding carboxylic acids is 2. The molecule has 0 aliphatic heterocycles. The summed E-state index contributed by atoms with van der Waals surface area (Å²) in [6, 6.07) is 10.0. The molecule has 2 rings (SSSR count). The van der Waals surface area contributed by atoms with Crippen LogP contribution in [0.15, 0.2) is 53.4 Å². The third-order valence-electron chi connectivity index (χ3n) is 4.42. The van der Waals surface area contributed by atoms with Gasteiger partial charge in [-0.15, -0.1) is 0 Å². The molecule has 0 saturated heterocycles. The van der Waals surface area contributed by atoms with Gasteiger partial charge in [-0.2, -0.15) is 4.72 Å². The topological polar surface area (TPSA) is 102 Å². The zero-order valence-corrected chi connectivity index (χ0v) is 18.8. The number of amides is 1. The molecule has 0 bridgehead atoms. The van der Waals surface area contributed by atoms with Gasteiger partial charge in [-0.05, 0) is 42.7 Å². The molecule has 1 unspecified atom stereocenters. The van der Waals surface area contributed by atoms with Gasteiger partial charge in [-0.1, -0.05) is 49.7 Å². The highest BCUT2D eigenvalue weighted by Crippen LogP contribution is 2.17. The molecule has 2 N–H and O–H groups in total. The first kappa shape index (κ1) is 24.8. The Morgan fingerprint density at radius 1 is 1.06 bits per heavy atom. The summed E-state index contributed by atoms with van der Waals surface area (Å²) in [5, 5.41) is 3.24. The minimum atomic E-state index is -4.31. The molecule has 31 heavy (non-hydrogen) atoms. The minimum absolute atomic E-state index is 0.357. The average molecular weight is 471 g/mol. The number of esters is 1. The zero-order chi connectivity index (χ0) is 23.2. The van der Waals surface area contributed by atoms with Crippen molar-refractivity contribution < 1.29 is 27.1 Å². The Balaban J connectivity index is 1.98. The van der Waals surface area contributed by atoms with E-state index in [1.807, 2.05) is 0 Å². The smallest absolute Gasteiger partial charge is 0.324 e. The second kappa shape index (κ2) is 10.7. The standard InChI is InChI=1S/C21H24ClFN2O5S/c1-13(2)20(25-31(28,29)18-7-5-4-6-17(18)23)21(27)30-12-19(26)24-14(3)15-8-10-16(22)11-9-15/h4-11,13-14,20,25H,12H2,1-3H3,(H,24,26)/t14?,20-/m0/s1. The Morgan fingerprint density at radius 2 is 1.68 bits per heavy atom. The van der Waals surface area contributed by atoms with Crippen LogP contribution in [0.1, 0.15) is 32.4 Å². The van der Waals surface area contributed by atoms with Gasteiger partial charge in [0.2, 0.25) is 10.0 Å². The lowest BCUT2D eigenvalue weighted by Crippen LogP contribution is -2.46. The molecule has 0 heterocycles. The van der Waals surface area contributed by atoms with Gasteiger partial charge in [-0.3, -0.25) is 9.59 Å². The lowest BCUT2D eigenvalue weighted by atomic mass is 10.1. The van der Waals surface area contributed by atoms with E-state index in [4.69, 9.17) is 16.3 Å². The van der Waals surface area contributed by atoms with Crippen molar-refractivity contribution in [2.45, 2.75) is 37.8 Å². The van der Waals surface area contributed by atoms with Crippen LogP contribution in [0.2, 0.25) is 5.02 Å². The molecule has 10 heteroatoms. The molecule has 2 atom stereocenters. The van der Waals surface area contributed by atoms with Gasteiger partial charge in [0.05, 0.1) is 6.04 Å². The second-order valence-corrected chi connectivity index (χ2v) is 9.34. The van der Waals surface area contributed by atoms with Gasteiger partial charge in [0, 0.05) is 5.02 Å². The maximum atomic E-state index is 13.9. The molecule has 0 aliphatic carbocycles. The molecule has 0 aliphatic rings. The number of hydrogen-bond acceptors (Lipinski definition) is 5. The van der Waals surface area contributed by atoms with Gasteiger partial charge in [-0.25, -0.2) is 12.8 Å². The van der Waals surface area contributed by atoms with E-state index < -0.39 is 51.2 Å². The molecule has 0 fully saturated rings. The van der Waals surface area contributed by atoms with Gasteiger partial charge in [0.1, 0.15) is 16.8 Å². The van der Waals surface area contributed by atoms with Crippen molar-refractivity contribution in [2.24, 2.45) is 5.92 Å². The maximum Gasteiger partial charge on any atom is 0.324 e. The normalized spacial score (nSPS) is 13.5. The summed E-state index contributed by atoms with van der Waals surface area (Å²) in [5.74, 6) is -2.95. The van der Waals surface area contributed by atoms with Crippen molar-refractivity contribution >= 4 is 33.5 Å². The van der Waals surface area contributed by atoms with E-state index >= 15 is 0 Å². The van der Waals surface area contributed by atoms with E-state index in [1.54, 1.807) is 45.0 Å². The van der Waals surface area contributed by atoms with Crippen molar-refractivity contribution in [3.8, 4) is 0 Å². The Bertz CT molecular complexity index is 1030. The fourth-order valence-electron chi connectivity index (χ4n) is 2.69. The lowest BCUT2D eigenvalue weighted by Gasteiger charge is -2.21. The molecular weight excluding hydrogens is 447 g/mol. The summed E-state index contributed by atoms with van der Waals surface area (Å²) < 4.78 is 46.0. The summed E-state index contributed by atoms with van der Waals surface area (Å²) >= 11 is 5.84. The number of sulfonamides is 1. The maximum absolute atomic E-state index is 13.9. The van der Waals surface area contributed by atoms with Crippen molar-refractivity contribution in [3.63, 3.8) is 0 Å². The van der Waals surface area contributed by atoms with E-state index in [9.17, 15) is 22.4 Å². The molecule has 168 valence electrons. The number of benzene rings is 2. The summed E-state index contributed by atoms with van der Waals surface area (Å²) in [6.07, 6.45) is 0. The van der Waals surface area contributed by atoms with E-state index in [-0.39, 0.29) is 6.04 Å². The summed E-state index contributed by atoms with van der Waals surface area (Å²) in [7, 11) is -4.31. The van der Waals surface area contributed by atoms with Crippen LogP contribution in [0.4, 0.5) is 4.39 Å². The Morgan fingerprint density at radius 3 is 2.26 bits per heavy atom. The zero-order valence-electron chi connectivity index (χ0n) is 17.3. The van der Waals surface area contributed by atoms with Crippen LogP contribution in [-0.4, -0.2) is 32.9 Å². The molecule has 0 spiro atoms. The number of nitrogens with one attached hydrogen (secondary N) is 2. The largest absolute Gasteiger partial charge is 0.454 e. The SMILES string of the molecule is CC(NC(=O)COC(=O)[C@@H](NS(=O)(=O)c1ccccc1F)C(C)C)c1ccc(Cl)cc1. The molecule has 2 aromatic rings. The van der Waals surface area contributed by atoms with Crippen LogP contribution < -0.4 is 10.0 Å². The van der Waals surface area contributed by atoms with Crippen molar-refractivity contribution in [1.29, 1.82) is 0 Å². The summed E-state index contributed by atoms with van der Waals surface area (Å²) in [5.41, 5.74) is 0.807. The first-order chi connectivity index (χ1) is 14.5. The lowest BCUT2D eigenvalue weighted by molar-refractivity contribution is -0.151. The fourth-order valence-corrected chi connectivity index (χ4v) is 4.23. The number of halogens is 2. The molecular formula is C21H24ClFN2O5S. The third kappa shape index (κ3) is 7.02. The average Bonchev–Trinajstić information content (AvgIpc) is 2.70. The van der Waals surface area contributed by atoms with Crippen molar-refractivity contribution in [1.82, 2.24) is 10.0 Å². The van der Waals surface area contributed by atoms with Crippen LogP contribution >= 0.6 is 11.6 Å². The van der Waals surface area contributed by atoms with E-state index in [1.165, 1.54) is 12.1 Å². The highest BCUT2D eigenvalue weighted by molar-refractivity contribution is 7.89. The molecule has 1 amide bonds. The minimum Gasteiger partial charge on any atom is -0.454 e. The monoisotopic (exact) mass is 470 g/mol. The molecule has 0 aromatic heterocycles. The molecule has 2 aromatic carbocycles. The van der Waals surface area contributed by atoms with Crippen molar-refractivity contribution in [2.75, 3.05) is 6.61 Å². The highest BCUT2D eigenvalue weighted by Gasteiger charge is 2.31. The number of ether oxygens (including phenoxy) is 1. The van der Waals surface area contributed by atoms with Gasteiger partial charge >= 0.3 is 5.97 Å². The predicted octanol–water partition coefficient (Wildman–Crippen LogP) is 3.20. The fraction of sp³-hybridized carbons (Fsp3) is 0.333. The first-order valence-electron chi connectivity index (χ1n) is 9.49. The third-order valence-corrected chi connectivity index (χ3v) is 6.15. The van der Waals surface area contributed by atoms with Crippen LogP contribution in [0, 0.1) is 11.7 Å².